The molecule has 1 aliphatic carbocycles. The van der Waals surface area contributed by atoms with Gasteiger partial charge in [-0.1, -0.05) is 25.0 Å². The van der Waals surface area contributed by atoms with Gasteiger partial charge in [0.05, 0.1) is 5.56 Å². The molecule has 1 aromatic carbocycles. The van der Waals surface area contributed by atoms with Gasteiger partial charge in [-0.05, 0) is 36.5 Å². The minimum atomic E-state index is -0.888. The molecular formula is C13H17NO2. The van der Waals surface area contributed by atoms with Gasteiger partial charge in [-0.15, -0.1) is 0 Å². The monoisotopic (exact) mass is 219 g/mol. The number of carboxylic acids is 1. The number of carbonyl (C=O) groups is 1. The van der Waals surface area contributed by atoms with Crippen LogP contribution in [0.2, 0.25) is 0 Å². The maximum atomic E-state index is 10.7. The predicted molar refractivity (Wildman–Crippen MR) is 62.3 cm³/mol. The summed E-state index contributed by atoms with van der Waals surface area (Å²) >= 11 is 0. The van der Waals surface area contributed by atoms with Crippen molar-refractivity contribution in [1.29, 1.82) is 0 Å². The third-order valence-electron chi connectivity index (χ3n) is 3.45. The van der Waals surface area contributed by atoms with Gasteiger partial charge in [-0.3, -0.25) is 0 Å². The Balaban J connectivity index is 2.11. The summed E-state index contributed by atoms with van der Waals surface area (Å²) in [6.07, 6.45) is 4.93. The molecule has 3 nitrogen and oxygen atoms in total. The van der Waals surface area contributed by atoms with Gasteiger partial charge in [0.1, 0.15) is 0 Å². The van der Waals surface area contributed by atoms with Crippen molar-refractivity contribution in [1.82, 2.24) is 0 Å². The lowest BCUT2D eigenvalue weighted by Crippen LogP contribution is -2.19. The molecule has 1 atom stereocenters. The first-order valence-corrected chi connectivity index (χ1v) is 5.77. The Kier molecular flexibility index (Phi) is 3.25. The molecule has 0 aliphatic heterocycles. The smallest absolute Gasteiger partial charge is 0.335 e. The van der Waals surface area contributed by atoms with Crippen LogP contribution >= 0.6 is 0 Å². The molecular weight excluding hydrogens is 202 g/mol. The highest BCUT2D eigenvalue weighted by molar-refractivity contribution is 5.87. The molecule has 1 fully saturated rings. The summed E-state index contributed by atoms with van der Waals surface area (Å²) in [4.78, 5) is 10.7. The second-order valence-corrected chi connectivity index (χ2v) is 4.50. The van der Waals surface area contributed by atoms with E-state index in [1.807, 2.05) is 12.1 Å². The van der Waals surface area contributed by atoms with Crippen LogP contribution in [-0.2, 0) is 0 Å². The fraction of sp³-hybridized carbons (Fsp3) is 0.462. The van der Waals surface area contributed by atoms with Crippen molar-refractivity contribution in [3.63, 3.8) is 0 Å². The summed E-state index contributed by atoms with van der Waals surface area (Å²) < 4.78 is 0. The van der Waals surface area contributed by atoms with E-state index in [2.05, 4.69) is 0 Å². The lowest BCUT2D eigenvalue weighted by atomic mass is 9.92. The molecule has 16 heavy (non-hydrogen) atoms. The van der Waals surface area contributed by atoms with Crippen LogP contribution in [0.3, 0.4) is 0 Å². The number of aromatic carboxylic acids is 1. The summed E-state index contributed by atoms with van der Waals surface area (Å²) in [6.45, 7) is 0. The highest BCUT2D eigenvalue weighted by Crippen LogP contribution is 2.34. The molecule has 0 saturated heterocycles. The Labute approximate surface area is 95.3 Å². The maximum Gasteiger partial charge on any atom is 0.335 e. The Morgan fingerprint density at radius 1 is 1.25 bits per heavy atom. The van der Waals surface area contributed by atoms with Crippen molar-refractivity contribution in [2.75, 3.05) is 0 Å². The molecule has 1 aliphatic rings. The predicted octanol–water partition coefficient (Wildman–Crippen LogP) is 2.57. The molecule has 0 aromatic heterocycles. The largest absolute Gasteiger partial charge is 0.478 e. The number of hydrogen-bond donors (Lipinski definition) is 2. The summed E-state index contributed by atoms with van der Waals surface area (Å²) in [6, 6.07) is 7.00. The van der Waals surface area contributed by atoms with Gasteiger partial charge in [0.25, 0.3) is 0 Å². The number of nitrogens with two attached hydrogens (primary N) is 1. The fourth-order valence-electron chi connectivity index (χ4n) is 2.44. The van der Waals surface area contributed by atoms with Crippen LogP contribution in [0.5, 0.6) is 0 Å². The summed E-state index contributed by atoms with van der Waals surface area (Å²) in [5.74, 6) is -0.323. The fourth-order valence-corrected chi connectivity index (χ4v) is 2.44. The SMILES string of the molecule is NC(c1ccc(C(=O)O)cc1)C1CCCC1. The Hall–Kier alpha value is -1.35. The second kappa shape index (κ2) is 4.66. The molecule has 1 aromatic rings. The summed E-state index contributed by atoms with van der Waals surface area (Å²) in [5, 5.41) is 8.79. The van der Waals surface area contributed by atoms with Crippen LogP contribution in [0.4, 0.5) is 0 Å². The van der Waals surface area contributed by atoms with Gasteiger partial charge in [-0.25, -0.2) is 4.79 Å². The molecule has 2 rings (SSSR count). The highest BCUT2D eigenvalue weighted by Gasteiger charge is 2.23. The zero-order chi connectivity index (χ0) is 11.5. The molecule has 1 saturated carbocycles. The highest BCUT2D eigenvalue weighted by atomic mass is 16.4. The Morgan fingerprint density at radius 3 is 2.31 bits per heavy atom. The molecule has 0 spiro atoms. The van der Waals surface area contributed by atoms with Gasteiger partial charge >= 0.3 is 5.97 Å². The van der Waals surface area contributed by atoms with Crippen LogP contribution < -0.4 is 5.73 Å². The standard InChI is InChI=1S/C13H17NO2/c14-12(9-3-1-2-4-9)10-5-7-11(8-6-10)13(15)16/h5-9,12H,1-4,14H2,(H,15,16). The van der Waals surface area contributed by atoms with Crippen molar-refractivity contribution in [3.8, 4) is 0 Å². The van der Waals surface area contributed by atoms with Gasteiger partial charge in [0.2, 0.25) is 0 Å². The van der Waals surface area contributed by atoms with E-state index in [1.54, 1.807) is 12.1 Å². The first kappa shape index (κ1) is 11.1. The van der Waals surface area contributed by atoms with E-state index in [0.717, 1.165) is 5.56 Å². The number of benzene rings is 1. The van der Waals surface area contributed by atoms with Crippen LogP contribution in [0.25, 0.3) is 0 Å². The Morgan fingerprint density at radius 2 is 1.81 bits per heavy atom. The van der Waals surface area contributed by atoms with E-state index in [1.165, 1.54) is 25.7 Å². The summed E-state index contributed by atoms with van der Waals surface area (Å²) in [5.41, 5.74) is 7.55. The normalized spacial score (nSPS) is 18.6. The quantitative estimate of drug-likeness (QED) is 0.821. The van der Waals surface area contributed by atoms with E-state index in [4.69, 9.17) is 10.8 Å². The van der Waals surface area contributed by atoms with Crippen LogP contribution in [-0.4, -0.2) is 11.1 Å². The van der Waals surface area contributed by atoms with Gasteiger partial charge < -0.3 is 10.8 Å². The van der Waals surface area contributed by atoms with Crippen LogP contribution in [0.1, 0.15) is 47.6 Å². The molecule has 0 radical (unpaired) electrons. The molecule has 3 N–H and O–H groups in total. The third-order valence-corrected chi connectivity index (χ3v) is 3.45. The first-order chi connectivity index (χ1) is 7.68. The lowest BCUT2D eigenvalue weighted by molar-refractivity contribution is 0.0697. The summed E-state index contributed by atoms with van der Waals surface area (Å²) in [7, 11) is 0. The number of rotatable bonds is 3. The van der Waals surface area contributed by atoms with Crippen molar-refractivity contribution in [2.45, 2.75) is 31.7 Å². The van der Waals surface area contributed by atoms with Crippen LogP contribution in [0.15, 0.2) is 24.3 Å². The van der Waals surface area contributed by atoms with E-state index in [0.29, 0.717) is 11.5 Å². The molecule has 0 amide bonds. The van der Waals surface area contributed by atoms with Crippen LogP contribution in [0, 0.1) is 5.92 Å². The van der Waals surface area contributed by atoms with Crippen molar-refractivity contribution >= 4 is 5.97 Å². The average molecular weight is 219 g/mol. The van der Waals surface area contributed by atoms with E-state index in [9.17, 15) is 4.79 Å². The molecule has 86 valence electrons. The molecule has 0 bridgehead atoms. The van der Waals surface area contributed by atoms with Crippen molar-refractivity contribution in [2.24, 2.45) is 11.7 Å². The second-order valence-electron chi connectivity index (χ2n) is 4.50. The minimum Gasteiger partial charge on any atom is -0.478 e. The number of carboxylic acid groups (broad SMARTS) is 1. The lowest BCUT2D eigenvalue weighted by Gasteiger charge is -2.19. The van der Waals surface area contributed by atoms with Gasteiger partial charge in [0, 0.05) is 6.04 Å². The average Bonchev–Trinajstić information content (AvgIpc) is 2.81. The maximum absolute atomic E-state index is 10.7. The topological polar surface area (TPSA) is 63.3 Å². The first-order valence-electron chi connectivity index (χ1n) is 5.77. The molecule has 3 heteroatoms. The van der Waals surface area contributed by atoms with Crippen molar-refractivity contribution < 1.29 is 9.90 Å². The van der Waals surface area contributed by atoms with Gasteiger partial charge in [-0.2, -0.15) is 0 Å². The zero-order valence-corrected chi connectivity index (χ0v) is 9.23. The zero-order valence-electron chi connectivity index (χ0n) is 9.23. The van der Waals surface area contributed by atoms with E-state index in [-0.39, 0.29) is 6.04 Å². The third kappa shape index (κ3) is 2.25. The Bertz CT molecular complexity index is 366. The van der Waals surface area contributed by atoms with E-state index < -0.39 is 5.97 Å². The molecule has 0 heterocycles. The van der Waals surface area contributed by atoms with E-state index >= 15 is 0 Å². The van der Waals surface area contributed by atoms with Crippen molar-refractivity contribution in [3.05, 3.63) is 35.4 Å². The minimum absolute atomic E-state index is 0.0605. The molecule has 1 unspecified atom stereocenters. The number of hydrogen-bond acceptors (Lipinski definition) is 2. The van der Waals surface area contributed by atoms with Gasteiger partial charge in [0.15, 0.2) is 0 Å².